The molecule has 5 heteroatoms. The number of rotatable bonds is 4. The summed E-state index contributed by atoms with van der Waals surface area (Å²) in [5, 5.41) is 7.90. The quantitative estimate of drug-likeness (QED) is 0.706. The normalized spacial score (nSPS) is 13.2. The lowest BCUT2D eigenvalue weighted by Gasteiger charge is -2.08. The Morgan fingerprint density at radius 1 is 1.37 bits per heavy atom. The molecule has 5 nitrogen and oxygen atoms in total. The first-order chi connectivity index (χ1) is 9.17. The Balaban J connectivity index is 1.76. The summed E-state index contributed by atoms with van der Waals surface area (Å²) in [7, 11) is 0. The van der Waals surface area contributed by atoms with E-state index in [1.54, 1.807) is 24.3 Å². The monoisotopic (exact) mass is 257 g/mol. The van der Waals surface area contributed by atoms with E-state index in [-0.39, 0.29) is 24.5 Å². The molecular formula is C14H15N3O2. The van der Waals surface area contributed by atoms with Gasteiger partial charge in [-0.2, -0.15) is 0 Å². The van der Waals surface area contributed by atoms with Crippen molar-refractivity contribution in [3.8, 4) is 12.3 Å². The van der Waals surface area contributed by atoms with Crippen molar-refractivity contribution in [2.24, 2.45) is 0 Å². The lowest BCUT2D eigenvalue weighted by Crippen LogP contribution is -2.40. The van der Waals surface area contributed by atoms with Gasteiger partial charge in [-0.25, -0.2) is 4.79 Å². The van der Waals surface area contributed by atoms with Crippen LogP contribution in [-0.2, 0) is 4.79 Å². The lowest BCUT2D eigenvalue weighted by atomic mass is 10.2. The summed E-state index contributed by atoms with van der Waals surface area (Å²) >= 11 is 0. The fourth-order valence-electron chi connectivity index (χ4n) is 1.52. The number of carbonyl (C=O) groups is 2. The highest BCUT2D eigenvalue weighted by molar-refractivity contribution is 5.94. The van der Waals surface area contributed by atoms with E-state index in [4.69, 9.17) is 6.42 Å². The third kappa shape index (κ3) is 4.36. The summed E-state index contributed by atoms with van der Waals surface area (Å²) < 4.78 is 0. The number of nitrogens with one attached hydrogen (secondary N) is 3. The van der Waals surface area contributed by atoms with Crippen molar-refractivity contribution in [1.82, 2.24) is 10.6 Å². The van der Waals surface area contributed by atoms with Gasteiger partial charge in [0.15, 0.2) is 0 Å². The minimum absolute atomic E-state index is 0.0706. The average molecular weight is 257 g/mol. The Kier molecular flexibility index (Phi) is 4.04. The Morgan fingerprint density at radius 3 is 2.84 bits per heavy atom. The fraction of sp³-hybridized carbons (Fsp3) is 0.286. The third-order valence-electron chi connectivity index (χ3n) is 2.64. The molecule has 1 fully saturated rings. The van der Waals surface area contributed by atoms with Crippen LogP contribution in [0.1, 0.15) is 18.4 Å². The van der Waals surface area contributed by atoms with Crippen LogP contribution in [0.5, 0.6) is 0 Å². The molecule has 0 spiro atoms. The molecule has 0 radical (unpaired) electrons. The molecule has 0 aliphatic heterocycles. The van der Waals surface area contributed by atoms with Crippen LogP contribution in [0.4, 0.5) is 10.5 Å². The van der Waals surface area contributed by atoms with Crippen molar-refractivity contribution in [2.75, 3.05) is 11.9 Å². The molecule has 1 aromatic carbocycles. The van der Waals surface area contributed by atoms with Gasteiger partial charge in [0, 0.05) is 17.3 Å². The minimum Gasteiger partial charge on any atom is -0.335 e. The van der Waals surface area contributed by atoms with E-state index in [1.165, 1.54) is 0 Å². The Hall–Kier alpha value is -2.48. The maximum atomic E-state index is 11.6. The van der Waals surface area contributed by atoms with Gasteiger partial charge in [-0.3, -0.25) is 4.79 Å². The second kappa shape index (κ2) is 5.91. The van der Waals surface area contributed by atoms with E-state index >= 15 is 0 Å². The minimum atomic E-state index is -0.310. The fourth-order valence-corrected chi connectivity index (χ4v) is 1.52. The van der Waals surface area contributed by atoms with Crippen molar-refractivity contribution < 1.29 is 9.59 Å². The first-order valence-electron chi connectivity index (χ1n) is 6.08. The van der Waals surface area contributed by atoms with Gasteiger partial charge >= 0.3 is 6.03 Å². The van der Waals surface area contributed by atoms with Crippen molar-refractivity contribution >= 4 is 17.6 Å². The molecule has 0 saturated heterocycles. The van der Waals surface area contributed by atoms with Gasteiger partial charge in [0.05, 0.1) is 6.54 Å². The van der Waals surface area contributed by atoms with Gasteiger partial charge in [-0.05, 0) is 31.0 Å². The van der Waals surface area contributed by atoms with Gasteiger partial charge < -0.3 is 16.0 Å². The molecule has 0 aromatic heterocycles. The summed E-state index contributed by atoms with van der Waals surface area (Å²) in [5.74, 6) is 2.20. The largest absolute Gasteiger partial charge is 0.335 e. The number of urea groups is 1. The van der Waals surface area contributed by atoms with Crippen LogP contribution < -0.4 is 16.0 Å². The molecule has 1 aliphatic carbocycles. The highest BCUT2D eigenvalue weighted by atomic mass is 16.2. The maximum absolute atomic E-state index is 11.6. The molecule has 0 unspecified atom stereocenters. The van der Waals surface area contributed by atoms with E-state index in [0.717, 1.165) is 12.8 Å². The second-order valence-electron chi connectivity index (χ2n) is 4.37. The summed E-state index contributed by atoms with van der Waals surface area (Å²) in [4.78, 5) is 22.9. The smallest absolute Gasteiger partial charge is 0.315 e. The van der Waals surface area contributed by atoms with Gasteiger partial charge in [-0.1, -0.05) is 12.0 Å². The molecule has 1 aromatic rings. The number of terminal acetylenes is 1. The van der Waals surface area contributed by atoms with Crippen LogP contribution in [0.15, 0.2) is 24.3 Å². The second-order valence-corrected chi connectivity index (χ2v) is 4.37. The van der Waals surface area contributed by atoms with E-state index < -0.39 is 0 Å². The van der Waals surface area contributed by atoms with Gasteiger partial charge in [0.1, 0.15) is 0 Å². The van der Waals surface area contributed by atoms with E-state index in [0.29, 0.717) is 11.3 Å². The molecule has 1 saturated carbocycles. The van der Waals surface area contributed by atoms with Crippen molar-refractivity contribution in [2.45, 2.75) is 18.9 Å². The summed E-state index contributed by atoms with van der Waals surface area (Å²) in [5.41, 5.74) is 1.31. The van der Waals surface area contributed by atoms with Gasteiger partial charge in [0.2, 0.25) is 5.91 Å². The number of hydrogen-bond donors (Lipinski definition) is 3. The van der Waals surface area contributed by atoms with Crippen LogP contribution in [-0.4, -0.2) is 24.5 Å². The molecule has 3 amide bonds. The number of hydrogen-bond acceptors (Lipinski definition) is 2. The van der Waals surface area contributed by atoms with Crippen LogP contribution in [0.25, 0.3) is 0 Å². The average Bonchev–Trinajstić information content (AvgIpc) is 3.20. The van der Waals surface area contributed by atoms with E-state index in [2.05, 4.69) is 21.9 Å². The predicted octanol–water partition coefficient (Wildman–Crippen LogP) is 1.07. The molecule has 19 heavy (non-hydrogen) atoms. The van der Waals surface area contributed by atoms with Crippen LogP contribution in [0, 0.1) is 12.3 Å². The standard InChI is InChI=1S/C14H15N3O2/c1-2-10-4-3-5-12(8-10)16-13(18)9-15-14(19)17-11-6-7-11/h1,3-5,8,11H,6-7,9H2,(H,16,18)(H2,15,17,19). The first kappa shape index (κ1) is 13.0. The van der Waals surface area contributed by atoms with E-state index in [1.807, 2.05) is 0 Å². The summed E-state index contributed by atoms with van der Waals surface area (Å²) in [6.45, 7) is -0.0706. The van der Waals surface area contributed by atoms with E-state index in [9.17, 15) is 9.59 Å². The zero-order valence-electron chi connectivity index (χ0n) is 10.4. The maximum Gasteiger partial charge on any atom is 0.315 e. The van der Waals surface area contributed by atoms with Crippen LogP contribution in [0.3, 0.4) is 0 Å². The number of benzene rings is 1. The molecule has 98 valence electrons. The van der Waals surface area contributed by atoms with Gasteiger partial charge in [0.25, 0.3) is 0 Å². The highest BCUT2D eigenvalue weighted by Crippen LogP contribution is 2.18. The SMILES string of the molecule is C#Cc1cccc(NC(=O)CNC(=O)NC2CC2)c1. The summed E-state index contributed by atoms with van der Waals surface area (Å²) in [6.07, 6.45) is 7.30. The van der Waals surface area contributed by atoms with Crippen molar-refractivity contribution in [1.29, 1.82) is 0 Å². The van der Waals surface area contributed by atoms with Crippen LogP contribution in [0.2, 0.25) is 0 Å². The highest BCUT2D eigenvalue weighted by Gasteiger charge is 2.23. The molecule has 0 heterocycles. The topological polar surface area (TPSA) is 70.2 Å². The Morgan fingerprint density at radius 2 is 2.16 bits per heavy atom. The number of carbonyl (C=O) groups excluding carboxylic acids is 2. The zero-order chi connectivity index (χ0) is 13.7. The number of anilines is 1. The molecular weight excluding hydrogens is 242 g/mol. The predicted molar refractivity (Wildman–Crippen MR) is 72.6 cm³/mol. The third-order valence-corrected chi connectivity index (χ3v) is 2.64. The summed E-state index contributed by atoms with van der Waals surface area (Å²) in [6, 6.07) is 6.94. The molecule has 0 atom stereocenters. The van der Waals surface area contributed by atoms with Crippen molar-refractivity contribution in [3.63, 3.8) is 0 Å². The molecule has 0 bridgehead atoms. The zero-order valence-corrected chi connectivity index (χ0v) is 10.4. The molecule has 3 N–H and O–H groups in total. The Labute approximate surface area is 111 Å². The van der Waals surface area contributed by atoms with Crippen LogP contribution >= 0.6 is 0 Å². The Bertz CT molecular complexity index is 530. The first-order valence-corrected chi connectivity index (χ1v) is 6.08. The molecule has 1 aliphatic rings. The lowest BCUT2D eigenvalue weighted by molar-refractivity contribution is -0.115. The number of amides is 3. The van der Waals surface area contributed by atoms with Gasteiger partial charge in [-0.15, -0.1) is 6.42 Å². The molecule has 2 rings (SSSR count). The van der Waals surface area contributed by atoms with Crippen molar-refractivity contribution in [3.05, 3.63) is 29.8 Å².